The van der Waals surface area contributed by atoms with Crippen LogP contribution in [0.3, 0.4) is 0 Å². The third-order valence-electron chi connectivity index (χ3n) is 3.98. The average Bonchev–Trinajstić information content (AvgIpc) is 2.66. The molecule has 0 aromatic carbocycles. The summed E-state index contributed by atoms with van der Waals surface area (Å²) in [4.78, 5) is 0. The molecule has 20 heavy (non-hydrogen) atoms. The molecular weight excluding hydrogens is 260 g/mol. The second-order valence-corrected chi connectivity index (χ2v) is 6.60. The fraction of sp³-hybridized carbons (Fsp3) is 0.867. The predicted molar refractivity (Wildman–Crippen MR) is 72.2 cm³/mol. The summed E-state index contributed by atoms with van der Waals surface area (Å²) >= 11 is 0. The van der Waals surface area contributed by atoms with Gasteiger partial charge in [-0.2, -0.15) is 0 Å². The summed E-state index contributed by atoms with van der Waals surface area (Å²) in [5.41, 5.74) is 0. The number of rotatable bonds is 2. The first-order valence-corrected chi connectivity index (χ1v) is 7.25. The summed E-state index contributed by atoms with van der Waals surface area (Å²) in [6.07, 6.45) is 1.99. The Morgan fingerprint density at radius 3 is 2.35 bits per heavy atom. The van der Waals surface area contributed by atoms with Gasteiger partial charge >= 0.3 is 0 Å². The fourth-order valence-electron chi connectivity index (χ4n) is 3.23. The highest BCUT2D eigenvalue weighted by molar-refractivity contribution is 5.02. The highest BCUT2D eigenvalue weighted by atomic mass is 16.8. The zero-order chi connectivity index (χ0) is 14.5. The lowest BCUT2D eigenvalue weighted by molar-refractivity contribution is -0.347. The van der Waals surface area contributed by atoms with E-state index in [1.165, 1.54) is 0 Å². The van der Waals surface area contributed by atoms with E-state index in [9.17, 15) is 0 Å². The Kier molecular flexibility index (Phi) is 3.46. The number of fused-ring (bicyclic) bond motifs is 3. The van der Waals surface area contributed by atoms with Crippen molar-refractivity contribution in [2.45, 2.75) is 76.2 Å². The second-order valence-electron chi connectivity index (χ2n) is 6.60. The number of hydrogen-bond acceptors (Lipinski definition) is 5. The van der Waals surface area contributed by atoms with E-state index in [0.29, 0.717) is 6.61 Å². The topological polar surface area (TPSA) is 46.2 Å². The minimum Gasteiger partial charge on any atom is -0.367 e. The van der Waals surface area contributed by atoms with Crippen molar-refractivity contribution < 1.29 is 23.7 Å². The standard InChI is InChI=1S/C15H24O5/c1-6-7-9-11-13(20-15(4,5)19-11)12-10(17-9)8-16-14(2,3)18-12/h6,9-13H,1,7-8H2,2-5H3/t9-,10-,11-,12-,13-/m1/s1. The first-order chi connectivity index (χ1) is 9.31. The normalized spacial score (nSPS) is 45.5. The third-order valence-corrected chi connectivity index (χ3v) is 3.98. The third kappa shape index (κ3) is 2.53. The summed E-state index contributed by atoms with van der Waals surface area (Å²) in [5.74, 6) is -1.23. The fourth-order valence-corrected chi connectivity index (χ4v) is 3.23. The van der Waals surface area contributed by atoms with Crippen LogP contribution in [0.4, 0.5) is 0 Å². The molecule has 0 bridgehead atoms. The molecule has 114 valence electrons. The Hall–Kier alpha value is -0.460. The van der Waals surface area contributed by atoms with E-state index in [0.717, 1.165) is 6.42 Å². The molecule has 0 aromatic rings. The molecule has 3 heterocycles. The minimum absolute atomic E-state index is 0.0612. The zero-order valence-corrected chi connectivity index (χ0v) is 12.6. The molecule has 0 amide bonds. The molecule has 3 fully saturated rings. The van der Waals surface area contributed by atoms with Gasteiger partial charge in [0.05, 0.1) is 12.7 Å². The Morgan fingerprint density at radius 1 is 1.00 bits per heavy atom. The molecule has 0 radical (unpaired) electrons. The summed E-state index contributed by atoms with van der Waals surface area (Å²) in [6, 6.07) is 0. The summed E-state index contributed by atoms with van der Waals surface area (Å²) in [7, 11) is 0. The molecule has 5 heteroatoms. The van der Waals surface area contributed by atoms with Gasteiger partial charge < -0.3 is 23.7 Å². The van der Waals surface area contributed by atoms with Crippen molar-refractivity contribution in [3.05, 3.63) is 12.7 Å². The van der Waals surface area contributed by atoms with Gasteiger partial charge in [-0.25, -0.2) is 0 Å². The molecule has 5 atom stereocenters. The largest absolute Gasteiger partial charge is 0.367 e. The van der Waals surface area contributed by atoms with Crippen LogP contribution in [-0.4, -0.2) is 48.7 Å². The molecule has 0 aromatic heterocycles. The molecule has 5 nitrogen and oxygen atoms in total. The van der Waals surface area contributed by atoms with Gasteiger partial charge in [-0.1, -0.05) is 6.08 Å². The van der Waals surface area contributed by atoms with E-state index >= 15 is 0 Å². The summed E-state index contributed by atoms with van der Waals surface area (Å²) in [5, 5.41) is 0. The van der Waals surface area contributed by atoms with Gasteiger partial charge in [-0.15, -0.1) is 6.58 Å². The Labute approximate surface area is 120 Å². The summed E-state index contributed by atoms with van der Waals surface area (Å²) in [6.45, 7) is 12.0. The molecule has 0 N–H and O–H groups in total. The Balaban J connectivity index is 1.85. The van der Waals surface area contributed by atoms with Crippen molar-refractivity contribution in [3.63, 3.8) is 0 Å². The molecule has 0 unspecified atom stereocenters. The van der Waals surface area contributed by atoms with Crippen molar-refractivity contribution >= 4 is 0 Å². The Bertz CT molecular complexity index is 392. The van der Waals surface area contributed by atoms with Crippen LogP contribution < -0.4 is 0 Å². The number of ether oxygens (including phenoxy) is 5. The van der Waals surface area contributed by atoms with Crippen molar-refractivity contribution in [2.24, 2.45) is 0 Å². The monoisotopic (exact) mass is 284 g/mol. The maximum atomic E-state index is 6.11. The van der Waals surface area contributed by atoms with E-state index in [4.69, 9.17) is 23.7 Å². The first kappa shape index (κ1) is 14.5. The van der Waals surface area contributed by atoms with Crippen molar-refractivity contribution in [3.8, 4) is 0 Å². The molecule has 0 aliphatic carbocycles. The smallest absolute Gasteiger partial charge is 0.164 e. The van der Waals surface area contributed by atoms with E-state index in [1.54, 1.807) is 0 Å². The van der Waals surface area contributed by atoms with E-state index in [-0.39, 0.29) is 30.5 Å². The van der Waals surface area contributed by atoms with Crippen LogP contribution in [0, 0.1) is 0 Å². The summed E-state index contributed by atoms with van der Waals surface area (Å²) < 4.78 is 29.9. The lowest BCUT2D eigenvalue weighted by Gasteiger charge is -2.48. The van der Waals surface area contributed by atoms with Crippen molar-refractivity contribution in [1.82, 2.24) is 0 Å². The molecular formula is C15H24O5. The molecule has 3 aliphatic rings. The molecule has 3 saturated heterocycles. The Morgan fingerprint density at radius 2 is 1.65 bits per heavy atom. The molecule has 0 spiro atoms. The van der Waals surface area contributed by atoms with Gasteiger partial charge in [0, 0.05) is 0 Å². The highest BCUT2D eigenvalue weighted by Crippen LogP contribution is 2.42. The van der Waals surface area contributed by atoms with Crippen LogP contribution in [0.2, 0.25) is 0 Å². The zero-order valence-electron chi connectivity index (χ0n) is 12.6. The van der Waals surface area contributed by atoms with Crippen LogP contribution in [0.1, 0.15) is 34.1 Å². The highest BCUT2D eigenvalue weighted by Gasteiger charge is 2.57. The second kappa shape index (κ2) is 4.78. The quantitative estimate of drug-likeness (QED) is 0.726. The minimum atomic E-state index is -0.615. The van der Waals surface area contributed by atoms with E-state index < -0.39 is 11.6 Å². The molecule has 0 saturated carbocycles. The van der Waals surface area contributed by atoms with Gasteiger partial charge in [-0.05, 0) is 34.1 Å². The average molecular weight is 284 g/mol. The van der Waals surface area contributed by atoms with Gasteiger partial charge in [-0.3, -0.25) is 0 Å². The lowest BCUT2D eigenvalue weighted by Crippen LogP contribution is -2.63. The van der Waals surface area contributed by atoms with Crippen molar-refractivity contribution in [2.75, 3.05) is 6.61 Å². The van der Waals surface area contributed by atoms with Crippen molar-refractivity contribution in [1.29, 1.82) is 0 Å². The van der Waals surface area contributed by atoms with E-state index in [1.807, 2.05) is 33.8 Å². The van der Waals surface area contributed by atoms with Crippen LogP contribution in [-0.2, 0) is 23.7 Å². The van der Waals surface area contributed by atoms with Gasteiger partial charge in [0.15, 0.2) is 11.6 Å². The predicted octanol–water partition coefficient (Wildman–Crippen LogP) is 2.00. The van der Waals surface area contributed by atoms with Crippen LogP contribution in [0.25, 0.3) is 0 Å². The molecule has 3 aliphatic heterocycles. The maximum Gasteiger partial charge on any atom is 0.164 e. The lowest BCUT2D eigenvalue weighted by atomic mass is 9.92. The van der Waals surface area contributed by atoms with Gasteiger partial charge in [0.2, 0.25) is 0 Å². The van der Waals surface area contributed by atoms with E-state index in [2.05, 4.69) is 6.58 Å². The maximum absolute atomic E-state index is 6.11. The van der Waals surface area contributed by atoms with Crippen LogP contribution >= 0.6 is 0 Å². The van der Waals surface area contributed by atoms with Gasteiger partial charge in [0.1, 0.15) is 24.4 Å². The molecule has 3 rings (SSSR count). The van der Waals surface area contributed by atoms with Gasteiger partial charge in [0.25, 0.3) is 0 Å². The van der Waals surface area contributed by atoms with Crippen LogP contribution in [0.5, 0.6) is 0 Å². The SMILES string of the molecule is C=CC[C@H]1O[C@@H]2COC(C)(C)O[C@H]2[C@@H]2OC(C)(C)O[C@@H]21. The number of hydrogen-bond donors (Lipinski definition) is 0. The van der Waals surface area contributed by atoms with Crippen LogP contribution in [0.15, 0.2) is 12.7 Å². The first-order valence-electron chi connectivity index (χ1n) is 7.25.